The van der Waals surface area contributed by atoms with Crippen LogP contribution in [0.3, 0.4) is 0 Å². The number of pyridine rings is 1. The fourth-order valence-electron chi connectivity index (χ4n) is 3.63. The molecule has 2 aromatic heterocycles. The van der Waals surface area contributed by atoms with E-state index >= 15 is 0 Å². The van der Waals surface area contributed by atoms with Gasteiger partial charge in [0.05, 0.1) is 16.8 Å². The predicted octanol–water partition coefficient (Wildman–Crippen LogP) is 2.40. The van der Waals surface area contributed by atoms with Crippen molar-refractivity contribution in [1.82, 2.24) is 9.97 Å². The smallest absolute Gasteiger partial charge is 0.227 e. The molecule has 0 spiro atoms. The Bertz CT molecular complexity index is 764. The fraction of sp³-hybridized carbons (Fsp3) is 0.556. The summed E-state index contributed by atoms with van der Waals surface area (Å²) in [4.78, 5) is 22.4. The number of aromatic nitrogens is 2. The highest BCUT2D eigenvalue weighted by Gasteiger charge is 2.31. The highest BCUT2D eigenvalue weighted by atomic mass is 16.2. The van der Waals surface area contributed by atoms with E-state index in [4.69, 9.17) is 5.73 Å². The standard InChI is InChI=1S/C18H25N5O/c1-2-11-8-20-17-15(16(11)23-7-3-4-13(19)10-23)14(9-21-17)22-18(24)12-5-6-12/h8-9,12-13H,2-7,10,19H2,1H3,(H,20,21)(H,22,24). The minimum atomic E-state index is 0.124. The van der Waals surface area contributed by atoms with Gasteiger partial charge in [0.15, 0.2) is 0 Å². The van der Waals surface area contributed by atoms with Gasteiger partial charge < -0.3 is 20.9 Å². The van der Waals surface area contributed by atoms with Crippen LogP contribution in [0.5, 0.6) is 0 Å². The van der Waals surface area contributed by atoms with Gasteiger partial charge in [-0.15, -0.1) is 0 Å². The maximum Gasteiger partial charge on any atom is 0.227 e. The van der Waals surface area contributed by atoms with E-state index in [1.165, 1.54) is 11.3 Å². The molecule has 4 N–H and O–H groups in total. The second-order valence-corrected chi connectivity index (χ2v) is 7.02. The van der Waals surface area contributed by atoms with Crippen molar-refractivity contribution >= 4 is 28.3 Å². The summed E-state index contributed by atoms with van der Waals surface area (Å²) < 4.78 is 0. The Morgan fingerprint density at radius 3 is 3.00 bits per heavy atom. The van der Waals surface area contributed by atoms with Crippen LogP contribution in [0.25, 0.3) is 11.0 Å². The maximum absolute atomic E-state index is 12.2. The largest absolute Gasteiger partial charge is 0.369 e. The number of fused-ring (bicyclic) bond motifs is 1. The summed E-state index contributed by atoms with van der Waals surface area (Å²) >= 11 is 0. The Hall–Kier alpha value is -2.08. The zero-order valence-electron chi connectivity index (χ0n) is 14.1. The van der Waals surface area contributed by atoms with Crippen LogP contribution in [-0.4, -0.2) is 35.0 Å². The Morgan fingerprint density at radius 2 is 2.29 bits per heavy atom. The number of carbonyl (C=O) groups excluding carboxylic acids is 1. The first kappa shape index (κ1) is 15.4. The van der Waals surface area contributed by atoms with E-state index in [-0.39, 0.29) is 17.9 Å². The first-order chi connectivity index (χ1) is 11.7. The van der Waals surface area contributed by atoms with E-state index in [1.54, 1.807) is 0 Å². The number of H-pyrrole nitrogens is 1. The third-order valence-corrected chi connectivity index (χ3v) is 5.11. The van der Waals surface area contributed by atoms with Crippen molar-refractivity contribution in [3.8, 4) is 0 Å². The Kier molecular flexibility index (Phi) is 3.92. The van der Waals surface area contributed by atoms with Gasteiger partial charge >= 0.3 is 0 Å². The molecule has 1 saturated heterocycles. The molecule has 1 atom stereocenters. The number of carbonyl (C=O) groups is 1. The molecule has 1 saturated carbocycles. The lowest BCUT2D eigenvalue weighted by Crippen LogP contribution is -2.43. The highest BCUT2D eigenvalue weighted by Crippen LogP contribution is 2.38. The zero-order valence-corrected chi connectivity index (χ0v) is 14.1. The molecule has 2 fully saturated rings. The summed E-state index contributed by atoms with van der Waals surface area (Å²) in [6.45, 7) is 4.00. The lowest BCUT2D eigenvalue weighted by molar-refractivity contribution is -0.117. The minimum Gasteiger partial charge on any atom is -0.369 e. The van der Waals surface area contributed by atoms with Crippen LogP contribution < -0.4 is 16.0 Å². The van der Waals surface area contributed by atoms with Crippen LogP contribution in [0.1, 0.15) is 38.2 Å². The van der Waals surface area contributed by atoms with Crippen LogP contribution in [0.4, 0.5) is 11.4 Å². The van der Waals surface area contributed by atoms with E-state index in [9.17, 15) is 4.79 Å². The lowest BCUT2D eigenvalue weighted by Gasteiger charge is -2.34. The van der Waals surface area contributed by atoms with Gasteiger partial charge in [-0.2, -0.15) is 0 Å². The molecule has 2 aromatic rings. The van der Waals surface area contributed by atoms with E-state index in [2.05, 4.69) is 27.1 Å². The molecule has 1 unspecified atom stereocenters. The number of nitrogens with one attached hydrogen (secondary N) is 2. The number of anilines is 2. The molecule has 128 valence electrons. The average molecular weight is 327 g/mol. The number of aryl methyl sites for hydroxylation is 1. The van der Waals surface area contributed by atoms with E-state index in [0.717, 1.165) is 61.9 Å². The molecule has 1 amide bonds. The quantitative estimate of drug-likeness (QED) is 0.805. The maximum atomic E-state index is 12.2. The number of nitrogens with zero attached hydrogens (tertiary/aromatic N) is 2. The number of hydrogen-bond donors (Lipinski definition) is 3. The van der Waals surface area contributed by atoms with Gasteiger partial charge in [-0.3, -0.25) is 4.79 Å². The molecule has 3 heterocycles. The average Bonchev–Trinajstić information content (AvgIpc) is 3.36. The van der Waals surface area contributed by atoms with Crippen molar-refractivity contribution in [2.45, 2.75) is 45.1 Å². The first-order valence-corrected chi connectivity index (χ1v) is 8.97. The lowest BCUT2D eigenvalue weighted by atomic mass is 10.0. The van der Waals surface area contributed by atoms with Gasteiger partial charge in [0.1, 0.15) is 5.65 Å². The number of amides is 1. The predicted molar refractivity (Wildman–Crippen MR) is 96.2 cm³/mol. The van der Waals surface area contributed by atoms with Crippen molar-refractivity contribution in [3.63, 3.8) is 0 Å². The Balaban J connectivity index is 1.78. The third-order valence-electron chi connectivity index (χ3n) is 5.11. The van der Waals surface area contributed by atoms with Gasteiger partial charge in [0.2, 0.25) is 5.91 Å². The molecule has 24 heavy (non-hydrogen) atoms. The van der Waals surface area contributed by atoms with E-state index < -0.39 is 0 Å². The van der Waals surface area contributed by atoms with Crippen LogP contribution in [0.2, 0.25) is 0 Å². The normalized spacial score (nSPS) is 21.2. The van der Waals surface area contributed by atoms with Crippen molar-refractivity contribution in [1.29, 1.82) is 0 Å². The van der Waals surface area contributed by atoms with Crippen LogP contribution in [-0.2, 0) is 11.2 Å². The number of nitrogens with two attached hydrogens (primary N) is 1. The van der Waals surface area contributed by atoms with Crippen LogP contribution in [0, 0.1) is 5.92 Å². The van der Waals surface area contributed by atoms with Crippen molar-refractivity contribution in [3.05, 3.63) is 18.0 Å². The van der Waals surface area contributed by atoms with Gasteiger partial charge in [-0.1, -0.05) is 6.92 Å². The highest BCUT2D eigenvalue weighted by molar-refractivity contribution is 6.07. The molecule has 0 radical (unpaired) electrons. The summed E-state index contributed by atoms with van der Waals surface area (Å²) in [6.07, 6.45) is 8.89. The first-order valence-electron chi connectivity index (χ1n) is 8.97. The summed E-state index contributed by atoms with van der Waals surface area (Å²) in [5.74, 6) is 0.309. The molecule has 6 heteroatoms. The van der Waals surface area contributed by atoms with Gasteiger partial charge in [-0.05, 0) is 37.7 Å². The topological polar surface area (TPSA) is 87.0 Å². The van der Waals surface area contributed by atoms with Gasteiger partial charge in [-0.25, -0.2) is 4.98 Å². The monoisotopic (exact) mass is 327 g/mol. The van der Waals surface area contributed by atoms with E-state index in [1.807, 2.05) is 12.4 Å². The number of piperidine rings is 1. The van der Waals surface area contributed by atoms with E-state index in [0.29, 0.717) is 0 Å². The summed E-state index contributed by atoms with van der Waals surface area (Å²) in [5, 5.41) is 4.13. The summed E-state index contributed by atoms with van der Waals surface area (Å²) in [7, 11) is 0. The number of aromatic amines is 1. The Morgan fingerprint density at radius 1 is 1.46 bits per heavy atom. The number of hydrogen-bond acceptors (Lipinski definition) is 4. The summed E-state index contributed by atoms with van der Waals surface area (Å²) in [6, 6.07) is 0.204. The van der Waals surface area contributed by atoms with Gasteiger partial charge in [0.25, 0.3) is 0 Å². The minimum absolute atomic E-state index is 0.124. The summed E-state index contributed by atoms with van der Waals surface area (Å²) in [5.41, 5.74) is 10.3. The number of rotatable bonds is 4. The third kappa shape index (κ3) is 2.75. The SMILES string of the molecule is CCc1cnc2[nH]cc(NC(=O)C3CC3)c2c1N1CCCC(N)C1. The zero-order chi connectivity index (χ0) is 16.7. The molecule has 1 aliphatic carbocycles. The molecule has 4 rings (SSSR count). The molecular formula is C18H25N5O. The van der Waals surface area contributed by atoms with Crippen molar-refractivity contribution in [2.24, 2.45) is 11.7 Å². The van der Waals surface area contributed by atoms with Crippen molar-refractivity contribution < 1.29 is 4.79 Å². The van der Waals surface area contributed by atoms with Gasteiger partial charge in [0, 0.05) is 37.4 Å². The second kappa shape index (κ2) is 6.09. The molecule has 0 aromatic carbocycles. The molecule has 0 bridgehead atoms. The Labute approximate surface area is 141 Å². The van der Waals surface area contributed by atoms with Crippen LogP contribution >= 0.6 is 0 Å². The fourth-order valence-corrected chi connectivity index (χ4v) is 3.63. The van der Waals surface area contributed by atoms with Crippen molar-refractivity contribution in [2.75, 3.05) is 23.3 Å². The molecule has 6 nitrogen and oxygen atoms in total. The molecule has 1 aliphatic heterocycles. The molecule has 2 aliphatic rings. The second-order valence-electron chi connectivity index (χ2n) is 7.02. The van der Waals surface area contributed by atoms with Crippen LogP contribution in [0.15, 0.2) is 12.4 Å². The molecular weight excluding hydrogens is 302 g/mol.